The third-order valence-corrected chi connectivity index (χ3v) is 4.42. The second-order valence-corrected chi connectivity index (χ2v) is 6.18. The van der Waals surface area contributed by atoms with Crippen LogP contribution in [0.5, 0.6) is 0 Å². The normalized spacial score (nSPS) is 17.2. The molecule has 1 fully saturated rings. The van der Waals surface area contributed by atoms with Gasteiger partial charge in [-0.3, -0.25) is 4.90 Å². The number of halogens is 1. The molecule has 0 bridgehead atoms. The second-order valence-electron chi connectivity index (χ2n) is 4.50. The highest BCUT2D eigenvalue weighted by atomic mass is 32.2. The van der Waals surface area contributed by atoms with Crippen molar-refractivity contribution in [3.63, 3.8) is 0 Å². The van der Waals surface area contributed by atoms with Gasteiger partial charge in [0.25, 0.3) is 10.0 Å². The lowest BCUT2D eigenvalue weighted by molar-refractivity contribution is 0.0376. The van der Waals surface area contributed by atoms with E-state index in [2.05, 4.69) is 14.6 Å². The largest absolute Gasteiger partial charge is 0.379 e. The third kappa shape index (κ3) is 4.20. The van der Waals surface area contributed by atoms with Crippen LogP contribution in [0.4, 0.5) is 4.39 Å². The topological polar surface area (TPSA) is 71.5 Å². The van der Waals surface area contributed by atoms with Gasteiger partial charge in [0.15, 0.2) is 5.82 Å². The van der Waals surface area contributed by atoms with Gasteiger partial charge in [-0.05, 0) is 25.1 Å². The zero-order chi connectivity index (χ0) is 14.4. The number of nitrogens with zero attached hydrogens (tertiary/aromatic N) is 2. The molecule has 1 aromatic rings. The molecular weight excluding hydrogens is 285 g/mol. The van der Waals surface area contributed by atoms with Gasteiger partial charge in [-0.25, -0.2) is 22.5 Å². The minimum absolute atomic E-state index is 0.260. The number of pyridine rings is 1. The molecule has 1 aliphatic rings. The van der Waals surface area contributed by atoms with Crippen LogP contribution >= 0.6 is 0 Å². The van der Waals surface area contributed by atoms with Crippen molar-refractivity contribution in [2.75, 3.05) is 39.4 Å². The van der Waals surface area contributed by atoms with E-state index in [9.17, 15) is 12.8 Å². The average Bonchev–Trinajstić information content (AvgIpc) is 2.45. The molecule has 1 saturated heterocycles. The van der Waals surface area contributed by atoms with E-state index in [1.807, 2.05) is 0 Å². The highest BCUT2D eigenvalue weighted by molar-refractivity contribution is 7.89. The van der Waals surface area contributed by atoms with Crippen LogP contribution in [0, 0.1) is 5.82 Å². The monoisotopic (exact) mass is 303 g/mol. The fourth-order valence-corrected chi connectivity index (χ4v) is 3.05. The van der Waals surface area contributed by atoms with Crippen molar-refractivity contribution in [3.8, 4) is 0 Å². The Bertz CT molecular complexity index is 533. The summed E-state index contributed by atoms with van der Waals surface area (Å²) >= 11 is 0. The molecule has 1 aliphatic heterocycles. The van der Waals surface area contributed by atoms with Gasteiger partial charge in [0.05, 0.1) is 13.2 Å². The highest BCUT2D eigenvalue weighted by Gasteiger charge is 2.19. The first-order chi connectivity index (χ1) is 9.59. The maximum absolute atomic E-state index is 13.4. The minimum atomic E-state index is -3.87. The first-order valence-corrected chi connectivity index (χ1v) is 7.98. The minimum Gasteiger partial charge on any atom is -0.379 e. The molecule has 0 amide bonds. The molecule has 112 valence electrons. The molecule has 8 heteroatoms. The Labute approximate surface area is 118 Å². The quantitative estimate of drug-likeness (QED) is 0.761. The molecule has 20 heavy (non-hydrogen) atoms. The van der Waals surface area contributed by atoms with E-state index >= 15 is 0 Å². The van der Waals surface area contributed by atoms with Crippen LogP contribution in [-0.2, 0) is 14.8 Å². The van der Waals surface area contributed by atoms with Crippen LogP contribution in [0.15, 0.2) is 23.4 Å². The van der Waals surface area contributed by atoms with E-state index in [1.54, 1.807) is 0 Å². The van der Waals surface area contributed by atoms with Gasteiger partial charge in [0.1, 0.15) is 0 Å². The SMILES string of the molecule is O=S(=O)(NCCCN1CCOCC1)c1ncccc1F. The number of rotatable bonds is 6. The van der Waals surface area contributed by atoms with Crippen molar-refractivity contribution < 1.29 is 17.5 Å². The first-order valence-electron chi connectivity index (χ1n) is 6.50. The Morgan fingerprint density at radius 3 is 2.85 bits per heavy atom. The number of nitrogens with one attached hydrogen (secondary N) is 1. The van der Waals surface area contributed by atoms with E-state index < -0.39 is 20.9 Å². The van der Waals surface area contributed by atoms with Crippen LogP contribution in [0.3, 0.4) is 0 Å². The molecule has 1 aromatic heterocycles. The van der Waals surface area contributed by atoms with Gasteiger partial charge in [-0.2, -0.15) is 0 Å². The molecule has 2 rings (SSSR count). The number of ether oxygens (including phenoxy) is 1. The lowest BCUT2D eigenvalue weighted by Gasteiger charge is -2.26. The highest BCUT2D eigenvalue weighted by Crippen LogP contribution is 2.09. The Hall–Kier alpha value is -1.09. The predicted octanol–water partition coefficient (Wildman–Crippen LogP) is 0.221. The molecule has 0 radical (unpaired) electrons. The second kappa shape index (κ2) is 7.07. The van der Waals surface area contributed by atoms with Crippen LogP contribution in [0.2, 0.25) is 0 Å². The summed E-state index contributed by atoms with van der Waals surface area (Å²) in [6.45, 7) is 4.20. The lowest BCUT2D eigenvalue weighted by Crippen LogP contribution is -2.38. The van der Waals surface area contributed by atoms with Gasteiger partial charge in [-0.15, -0.1) is 0 Å². The van der Waals surface area contributed by atoms with E-state index in [1.165, 1.54) is 12.3 Å². The number of sulfonamides is 1. The van der Waals surface area contributed by atoms with Crippen molar-refractivity contribution in [2.45, 2.75) is 11.4 Å². The lowest BCUT2D eigenvalue weighted by atomic mass is 10.3. The Kier molecular flexibility index (Phi) is 5.41. The van der Waals surface area contributed by atoms with E-state index in [4.69, 9.17) is 4.74 Å². The maximum Gasteiger partial charge on any atom is 0.261 e. The fraction of sp³-hybridized carbons (Fsp3) is 0.583. The summed E-state index contributed by atoms with van der Waals surface area (Å²) in [7, 11) is -3.87. The van der Waals surface area contributed by atoms with Crippen molar-refractivity contribution in [3.05, 3.63) is 24.1 Å². The van der Waals surface area contributed by atoms with Crippen LogP contribution in [0.1, 0.15) is 6.42 Å². The van der Waals surface area contributed by atoms with E-state index in [0.29, 0.717) is 19.6 Å². The van der Waals surface area contributed by atoms with E-state index in [0.717, 1.165) is 25.7 Å². The summed E-state index contributed by atoms with van der Waals surface area (Å²) in [5.41, 5.74) is 0. The van der Waals surface area contributed by atoms with Crippen molar-refractivity contribution in [1.82, 2.24) is 14.6 Å². The third-order valence-electron chi connectivity index (χ3n) is 3.03. The average molecular weight is 303 g/mol. The first kappa shape index (κ1) is 15.3. The summed E-state index contributed by atoms with van der Waals surface area (Å²) in [6.07, 6.45) is 1.92. The number of aromatic nitrogens is 1. The summed E-state index contributed by atoms with van der Waals surface area (Å²) in [4.78, 5) is 5.77. The summed E-state index contributed by atoms with van der Waals surface area (Å²) in [5, 5.41) is -0.550. The Morgan fingerprint density at radius 1 is 1.40 bits per heavy atom. The van der Waals surface area contributed by atoms with Crippen LogP contribution in [0.25, 0.3) is 0 Å². The van der Waals surface area contributed by atoms with Gasteiger partial charge >= 0.3 is 0 Å². The van der Waals surface area contributed by atoms with Crippen LogP contribution in [-0.4, -0.2) is 57.7 Å². The van der Waals surface area contributed by atoms with Crippen LogP contribution < -0.4 is 4.72 Å². The Morgan fingerprint density at radius 2 is 2.15 bits per heavy atom. The molecule has 0 aromatic carbocycles. The zero-order valence-electron chi connectivity index (χ0n) is 11.1. The van der Waals surface area contributed by atoms with Gasteiger partial charge < -0.3 is 4.74 Å². The molecule has 0 atom stereocenters. The smallest absolute Gasteiger partial charge is 0.261 e. The van der Waals surface area contributed by atoms with Crippen molar-refractivity contribution in [2.24, 2.45) is 0 Å². The molecule has 1 N–H and O–H groups in total. The molecule has 2 heterocycles. The van der Waals surface area contributed by atoms with Crippen molar-refractivity contribution in [1.29, 1.82) is 0 Å². The molecule has 0 spiro atoms. The van der Waals surface area contributed by atoms with Gasteiger partial charge in [-0.1, -0.05) is 0 Å². The zero-order valence-corrected chi connectivity index (χ0v) is 11.9. The molecule has 0 aliphatic carbocycles. The maximum atomic E-state index is 13.4. The van der Waals surface area contributed by atoms with Crippen molar-refractivity contribution >= 4 is 10.0 Å². The molecule has 0 unspecified atom stereocenters. The fourth-order valence-electron chi connectivity index (χ4n) is 1.97. The molecular formula is C12H18FN3O3S. The summed E-state index contributed by atoms with van der Waals surface area (Å²) in [5.74, 6) is -0.840. The van der Waals surface area contributed by atoms with E-state index in [-0.39, 0.29) is 6.54 Å². The van der Waals surface area contributed by atoms with Gasteiger partial charge in [0.2, 0.25) is 5.03 Å². The number of hydrogen-bond donors (Lipinski definition) is 1. The number of morpholine rings is 1. The standard InChI is InChI=1S/C12H18FN3O3S/c13-11-3-1-4-14-12(11)20(17,18)15-5-2-6-16-7-9-19-10-8-16/h1,3-4,15H,2,5-10H2. The summed E-state index contributed by atoms with van der Waals surface area (Å²) in [6, 6.07) is 2.43. The van der Waals surface area contributed by atoms with Gasteiger partial charge in [0, 0.05) is 25.8 Å². The summed E-state index contributed by atoms with van der Waals surface area (Å²) < 4.78 is 44.7. The predicted molar refractivity (Wildman–Crippen MR) is 71.3 cm³/mol. The molecule has 0 saturated carbocycles. The molecule has 6 nitrogen and oxygen atoms in total. The Balaban J connectivity index is 1.79. The number of hydrogen-bond acceptors (Lipinski definition) is 5.